The minimum absolute atomic E-state index is 0.0360. The van der Waals surface area contributed by atoms with E-state index in [1.54, 1.807) is 22.7 Å². The molecule has 0 fully saturated rings. The maximum atomic E-state index is 9.03. The predicted octanol–water partition coefficient (Wildman–Crippen LogP) is 10.8. The van der Waals surface area contributed by atoms with Crippen LogP contribution in [0.1, 0.15) is 5.48 Å². The first-order valence-corrected chi connectivity index (χ1v) is 14.7. The molecule has 9 aromatic rings. The van der Waals surface area contributed by atoms with Gasteiger partial charge in [-0.15, -0.1) is 22.7 Å². The maximum absolute atomic E-state index is 9.03. The van der Waals surface area contributed by atoms with Gasteiger partial charge in [0.15, 0.2) is 0 Å². The van der Waals surface area contributed by atoms with E-state index in [1.807, 2.05) is 54.0 Å². The van der Waals surface area contributed by atoms with Gasteiger partial charge < -0.3 is 0 Å². The van der Waals surface area contributed by atoms with Gasteiger partial charge in [-0.2, -0.15) is 0 Å². The summed E-state index contributed by atoms with van der Waals surface area (Å²) in [5.41, 5.74) is 6.89. The van der Waals surface area contributed by atoms with Crippen LogP contribution < -0.4 is 0 Å². The second-order valence-corrected chi connectivity index (χ2v) is 11.8. The Morgan fingerprint density at radius 1 is 0.575 bits per heavy atom. The molecule has 9 rings (SSSR count). The molecule has 2 aromatic heterocycles. The zero-order valence-corrected chi connectivity index (χ0v) is 22.6. The van der Waals surface area contributed by atoms with Crippen molar-refractivity contribution in [1.29, 1.82) is 0 Å². The molecule has 0 aliphatic rings. The van der Waals surface area contributed by atoms with Crippen LogP contribution in [0, 0.1) is 0 Å². The van der Waals surface area contributed by atoms with Gasteiger partial charge in [0.1, 0.15) is 5.01 Å². The first kappa shape index (κ1) is 18.6. The molecule has 0 aliphatic heterocycles. The van der Waals surface area contributed by atoms with Gasteiger partial charge in [0.25, 0.3) is 0 Å². The van der Waals surface area contributed by atoms with Crippen LogP contribution in [-0.2, 0) is 0 Å². The van der Waals surface area contributed by atoms with Gasteiger partial charge in [0, 0.05) is 5.56 Å². The molecular weight excluding hydrogens is 525 g/mol. The van der Waals surface area contributed by atoms with Crippen molar-refractivity contribution >= 4 is 75.4 Å². The molecule has 0 saturated carbocycles. The molecule has 0 atom stereocenters. The average molecular weight is 549 g/mol. The van der Waals surface area contributed by atoms with Crippen molar-refractivity contribution in [2.24, 2.45) is 0 Å². The summed E-state index contributed by atoms with van der Waals surface area (Å²) >= 11 is 3.29. The normalized spacial score (nSPS) is 13.4. The van der Waals surface area contributed by atoms with Crippen LogP contribution in [0.3, 0.4) is 0 Å². The van der Waals surface area contributed by atoms with E-state index in [0.29, 0.717) is 22.3 Å². The van der Waals surface area contributed by atoms with E-state index in [9.17, 15) is 0 Å². The molecule has 0 N–H and O–H groups in total. The molecule has 0 bridgehead atoms. The van der Waals surface area contributed by atoms with Crippen LogP contribution in [0.15, 0.2) is 121 Å². The lowest BCUT2D eigenvalue weighted by molar-refractivity contribution is 1.49. The van der Waals surface area contributed by atoms with Crippen LogP contribution in [0.4, 0.5) is 0 Å². The Kier molecular flexibility index (Phi) is 3.92. The number of rotatable bonds is 3. The summed E-state index contributed by atoms with van der Waals surface area (Å²) < 4.78 is 38.1. The zero-order chi connectivity index (χ0) is 29.7. The van der Waals surface area contributed by atoms with E-state index in [4.69, 9.17) is 10.5 Å². The Labute approximate surface area is 243 Å². The Morgan fingerprint density at radius 2 is 1.23 bits per heavy atom. The highest BCUT2D eigenvalue weighted by Gasteiger charge is 2.17. The van der Waals surface area contributed by atoms with Crippen LogP contribution in [0.25, 0.3) is 85.6 Å². The third kappa shape index (κ3) is 3.27. The van der Waals surface area contributed by atoms with Gasteiger partial charge >= 0.3 is 0 Å². The Balaban J connectivity index is 1.30. The smallest absolute Gasteiger partial charge is 0.125 e. The van der Waals surface area contributed by atoms with Crippen molar-refractivity contribution in [3.8, 4) is 32.8 Å². The summed E-state index contributed by atoms with van der Waals surface area (Å²) in [6.45, 7) is 0. The van der Waals surface area contributed by atoms with Crippen molar-refractivity contribution in [3.05, 3.63) is 121 Å². The zero-order valence-electron chi connectivity index (χ0n) is 24.9. The van der Waals surface area contributed by atoms with Gasteiger partial charge in [0.2, 0.25) is 0 Å². The number of nitrogens with zero attached hydrogens (tertiary/aromatic N) is 2. The van der Waals surface area contributed by atoms with Gasteiger partial charge in [-0.25, -0.2) is 9.97 Å². The molecule has 2 heterocycles. The van der Waals surface area contributed by atoms with E-state index in [2.05, 4.69) is 47.4 Å². The number of hydrogen-bond donors (Lipinski definition) is 0. The topological polar surface area (TPSA) is 25.8 Å². The number of benzene rings is 7. The van der Waals surface area contributed by atoms with Crippen molar-refractivity contribution in [1.82, 2.24) is 9.97 Å². The van der Waals surface area contributed by atoms with E-state index in [0.717, 1.165) is 63.3 Å². The number of hydrogen-bond acceptors (Lipinski definition) is 4. The standard InChI is InChI=1S/C36H20N2S2/c1-2-4-21(5-3-1)22-6-8-23(9-7-22)26-14-10-24-12-16-28-29(17-13-25-11-15-27(26)34(24)35(25)28)36-38-31-19-32-30(37-20-39-32)18-33(31)40-36/h1-20H/i6D,7D,8D,9D. The van der Waals surface area contributed by atoms with E-state index in [-0.39, 0.29) is 24.2 Å². The highest BCUT2D eigenvalue weighted by molar-refractivity contribution is 7.22. The second-order valence-electron chi connectivity index (χ2n) is 9.92. The van der Waals surface area contributed by atoms with E-state index in [1.165, 1.54) is 0 Å². The number of fused-ring (bicyclic) bond motifs is 2. The number of thiazole rings is 2. The third-order valence-corrected chi connectivity index (χ3v) is 9.54. The van der Waals surface area contributed by atoms with Crippen molar-refractivity contribution < 1.29 is 5.48 Å². The van der Waals surface area contributed by atoms with Crippen molar-refractivity contribution in [2.75, 3.05) is 0 Å². The molecule has 0 spiro atoms. The summed E-state index contributed by atoms with van der Waals surface area (Å²) in [5, 5.41) is 7.27. The Morgan fingerprint density at radius 3 is 2.00 bits per heavy atom. The fourth-order valence-electron chi connectivity index (χ4n) is 5.80. The first-order chi connectivity index (χ1) is 21.5. The van der Waals surface area contributed by atoms with Crippen LogP contribution >= 0.6 is 22.7 Å². The molecule has 0 saturated heterocycles. The Bertz CT molecular complexity index is 2530. The predicted molar refractivity (Wildman–Crippen MR) is 173 cm³/mol. The summed E-state index contributed by atoms with van der Waals surface area (Å²) in [6.07, 6.45) is 0. The van der Waals surface area contributed by atoms with Gasteiger partial charge in [0.05, 0.1) is 31.4 Å². The molecule has 0 unspecified atom stereocenters. The number of aromatic nitrogens is 2. The largest absolute Gasteiger partial charge is 0.245 e. The molecule has 186 valence electrons. The summed E-state index contributed by atoms with van der Waals surface area (Å²) in [4.78, 5) is 9.52. The highest BCUT2D eigenvalue weighted by Crippen LogP contribution is 2.44. The second kappa shape index (κ2) is 8.43. The average Bonchev–Trinajstić information content (AvgIpc) is 3.68. The maximum Gasteiger partial charge on any atom is 0.125 e. The Hall–Kier alpha value is -4.64. The van der Waals surface area contributed by atoms with Gasteiger partial charge in [-0.3, -0.25) is 0 Å². The fourth-order valence-corrected chi connectivity index (χ4v) is 7.51. The molecule has 2 nitrogen and oxygen atoms in total. The first-order valence-electron chi connectivity index (χ1n) is 15.0. The van der Waals surface area contributed by atoms with Crippen molar-refractivity contribution in [3.63, 3.8) is 0 Å². The highest BCUT2D eigenvalue weighted by atomic mass is 32.1. The molecule has 4 heteroatoms. The third-order valence-electron chi connectivity index (χ3n) is 7.69. The lowest BCUT2D eigenvalue weighted by Crippen LogP contribution is -1.89. The molecular formula is C36H20N2S2. The monoisotopic (exact) mass is 548 g/mol. The minimum atomic E-state index is -0.0375. The summed E-state index contributed by atoms with van der Waals surface area (Å²) in [5.74, 6) is 0. The summed E-state index contributed by atoms with van der Waals surface area (Å²) in [7, 11) is 0. The van der Waals surface area contributed by atoms with Crippen molar-refractivity contribution in [2.45, 2.75) is 0 Å². The molecule has 0 aliphatic carbocycles. The lowest BCUT2D eigenvalue weighted by atomic mass is 9.88. The minimum Gasteiger partial charge on any atom is -0.245 e. The molecule has 40 heavy (non-hydrogen) atoms. The SMILES string of the molecule is [2H]c1c([2H])c(-c2ccc3ccc4c(-c5nc6cc7scnc7cc6s5)ccc5ccc2c3c54)c([2H])c([2H])c1-c1ccccc1. The van der Waals surface area contributed by atoms with Crippen LogP contribution in [-0.4, -0.2) is 9.97 Å². The van der Waals surface area contributed by atoms with E-state index < -0.39 is 0 Å². The fraction of sp³-hybridized carbons (Fsp3) is 0. The molecule has 7 aromatic carbocycles. The molecule has 0 amide bonds. The quantitative estimate of drug-likeness (QED) is 0.205. The van der Waals surface area contributed by atoms with Gasteiger partial charge in [-0.05, 0) is 66.7 Å². The van der Waals surface area contributed by atoms with E-state index >= 15 is 0 Å². The van der Waals surface area contributed by atoms with Gasteiger partial charge in [-0.1, -0.05) is 103 Å². The van der Waals surface area contributed by atoms with Crippen LogP contribution in [0.5, 0.6) is 0 Å². The lowest BCUT2D eigenvalue weighted by Gasteiger charge is -2.16. The summed E-state index contributed by atoms with van der Waals surface area (Å²) in [6, 6.07) is 30.0. The molecule has 0 radical (unpaired) electrons. The van der Waals surface area contributed by atoms with Crippen LogP contribution in [0.2, 0.25) is 0 Å².